The summed E-state index contributed by atoms with van der Waals surface area (Å²) in [6.07, 6.45) is 0. The topological polar surface area (TPSA) is 16.4 Å². The molecule has 1 aliphatic carbocycles. The number of benzene rings is 9. The van der Waals surface area contributed by atoms with Crippen molar-refractivity contribution in [2.24, 2.45) is 0 Å². The van der Waals surface area contributed by atoms with E-state index in [0.29, 0.717) is 5.58 Å². The van der Waals surface area contributed by atoms with Crippen molar-refractivity contribution >= 4 is 60.5 Å². The van der Waals surface area contributed by atoms with Crippen LogP contribution in [0.3, 0.4) is 0 Å². The number of rotatable bonds is 5. The molecule has 1 heterocycles. The number of hydrogen-bond acceptors (Lipinski definition) is 2. The summed E-state index contributed by atoms with van der Waals surface area (Å²) >= 11 is 0. The molecule has 2 nitrogen and oxygen atoms in total. The van der Waals surface area contributed by atoms with Gasteiger partial charge < -0.3 is 9.32 Å². The Morgan fingerprint density at radius 2 is 1.19 bits per heavy atom. The fourth-order valence-electron chi connectivity index (χ4n) is 8.47. The monoisotopic (exact) mass is 682 g/mol. The van der Waals surface area contributed by atoms with E-state index in [-0.39, 0.29) is 34.5 Å². The minimum absolute atomic E-state index is 0.0834. The van der Waals surface area contributed by atoms with Crippen molar-refractivity contribution in [2.45, 2.75) is 5.41 Å². The molecule has 0 fully saturated rings. The molecule has 53 heavy (non-hydrogen) atoms. The molecule has 0 N–H and O–H groups in total. The first-order chi connectivity index (χ1) is 29.2. The number of anilines is 3. The van der Waals surface area contributed by atoms with Crippen LogP contribution in [-0.4, -0.2) is 0 Å². The van der Waals surface area contributed by atoms with Gasteiger partial charge in [-0.1, -0.05) is 145 Å². The van der Waals surface area contributed by atoms with E-state index in [0.717, 1.165) is 72.0 Å². The second-order valence-electron chi connectivity index (χ2n) is 13.5. The zero-order chi connectivity index (χ0) is 41.0. The molecule has 0 saturated heterocycles. The van der Waals surface area contributed by atoms with Gasteiger partial charge in [0.05, 0.1) is 20.7 Å². The van der Waals surface area contributed by atoms with Gasteiger partial charge in [-0.05, 0) is 104 Å². The highest BCUT2D eigenvalue weighted by molar-refractivity contribution is 6.06. The second-order valence-corrected chi connectivity index (χ2v) is 13.5. The van der Waals surface area contributed by atoms with Crippen LogP contribution in [0.5, 0.6) is 0 Å². The smallest absolute Gasteiger partial charge is 0.135 e. The lowest BCUT2D eigenvalue weighted by Crippen LogP contribution is -2.28. The molecule has 1 aromatic heterocycles. The van der Waals surface area contributed by atoms with Gasteiger partial charge in [-0.25, -0.2) is 0 Å². The van der Waals surface area contributed by atoms with Crippen LogP contribution in [0.1, 0.15) is 31.8 Å². The van der Waals surface area contributed by atoms with Crippen LogP contribution < -0.4 is 4.90 Å². The first kappa shape index (κ1) is 23.6. The van der Waals surface area contributed by atoms with Gasteiger partial charge in [0.2, 0.25) is 0 Å². The summed E-state index contributed by atoms with van der Waals surface area (Å²) in [4.78, 5) is 2.25. The van der Waals surface area contributed by atoms with E-state index < -0.39 is 29.6 Å². The van der Waals surface area contributed by atoms with Gasteiger partial charge in [-0.15, -0.1) is 0 Å². The highest BCUT2D eigenvalue weighted by Crippen LogP contribution is 2.58. The van der Waals surface area contributed by atoms with Crippen LogP contribution in [0.15, 0.2) is 204 Å². The lowest BCUT2D eigenvalue weighted by molar-refractivity contribution is 0.668. The van der Waals surface area contributed by atoms with E-state index in [1.165, 1.54) is 0 Å². The molecule has 0 amide bonds. The number of hydrogen-bond donors (Lipinski definition) is 0. The van der Waals surface area contributed by atoms with Gasteiger partial charge in [0, 0.05) is 27.5 Å². The minimum atomic E-state index is -1.37. The summed E-state index contributed by atoms with van der Waals surface area (Å²) < 4.78 is 70.4. The maximum Gasteiger partial charge on any atom is 0.135 e. The average molecular weight is 683 g/mol. The molecule has 248 valence electrons. The van der Waals surface area contributed by atoms with Gasteiger partial charge in [0.25, 0.3) is 0 Å². The van der Waals surface area contributed by atoms with Crippen LogP contribution in [0.2, 0.25) is 0 Å². The third-order valence-electron chi connectivity index (χ3n) is 10.7. The van der Waals surface area contributed by atoms with Gasteiger partial charge in [0.15, 0.2) is 0 Å². The number of fused-ring (bicyclic) bond motifs is 8. The fraction of sp³-hybridized carbons (Fsp3) is 0.0196. The first-order valence-electron chi connectivity index (χ1n) is 21.2. The molecule has 1 atom stereocenters. The second kappa shape index (κ2) is 11.6. The zero-order valence-corrected chi connectivity index (χ0v) is 28.4. The normalized spacial score (nSPS) is 16.7. The Morgan fingerprint density at radius 3 is 2.11 bits per heavy atom. The Kier molecular flexibility index (Phi) is 5.14. The number of para-hydroxylation sites is 2. The Labute approximate surface area is 317 Å². The SMILES string of the molecule is [2H]c1c([2H])c([2H])c2c([2H])c(C3(c4ccc5oc6ccccc6c5c4)c4ccccc4-c4cc(N(c5ccccc5)c5cccc6ccccc56)ccc43)c([2H])c([2H])c2c1[2H]. The van der Waals surface area contributed by atoms with E-state index in [2.05, 4.69) is 77.7 Å². The molecule has 0 aliphatic heterocycles. The number of furan rings is 1. The van der Waals surface area contributed by atoms with Gasteiger partial charge in [0.1, 0.15) is 11.2 Å². The number of nitrogens with zero attached hydrogens (tertiary/aromatic N) is 1. The van der Waals surface area contributed by atoms with E-state index >= 15 is 0 Å². The van der Waals surface area contributed by atoms with Crippen LogP contribution >= 0.6 is 0 Å². The quantitative estimate of drug-likeness (QED) is 0.180. The van der Waals surface area contributed by atoms with E-state index in [1.807, 2.05) is 84.9 Å². The summed E-state index contributed by atoms with van der Waals surface area (Å²) in [7, 11) is 0. The molecular weight excluding hydrogens is 643 g/mol. The van der Waals surface area contributed by atoms with Crippen molar-refractivity contribution in [1.29, 1.82) is 0 Å². The molecule has 11 rings (SSSR count). The average Bonchev–Trinajstić information content (AvgIpc) is 3.80. The standard InChI is InChI=1S/C51H33NO/c1-2-17-39(18-3-1)52(48-23-12-16-35-14-6-7-19-41(35)48)40-28-29-47-44(33-40)42-20-8-10-22-46(42)51(47,37-26-25-34-13-4-5-15-36(34)31-37)38-27-30-50-45(32-38)43-21-9-11-24-49(43)53-50/h1-33H/i4D,5D,13D,15D,25D,26D,31D. The highest BCUT2D eigenvalue weighted by atomic mass is 16.3. The molecule has 9 aromatic carbocycles. The van der Waals surface area contributed by atoms with E-state index in [9.17, 15) is 4.11 Å². The first-order valence-corrected chi connectivity index (χ1v) is 17.7. The molecular formula is C51H33NO. The van der Waals surface area contributed by atoms with Crippen molar-refractivity contribution in [2.75, 3.05) is 4.90 Å². The van der Waals surface area contributed by atoms with Crippen molar-refractivity contribution < 1.29 is 14.0 Å². The molecule has 0 saturated carbocycles. The van der Waals surface area contributed by atoms with Crippen molar-refractivity contribution in [3.8, 4) is 11.1 Å². The predicted octanol–water partition coefficient (Wildman–Crippen LogP) is 13.7. The summed E-state index contributed by atoms with van der Waals surface area (Å²) in [5.74, 6) is 0. The molecule has 0 bridgehead atoms. The highest BCUT2D eigenvalue weighted by Gasteiger charge is 2.46. The van der Waals surface area contributed by atoms with Crippen molar-refractivity contribution in [3.63, 3.8) is 0 Å². The van der Waals surface area contributed by atoms with Gasteiger partial charge in [-0.3, -0.25) is 0 Å². The third-order valence-corrected chi connectivity index (χ3v) is 10.7. The van der Waals surface area contributed by atoms with Crippen LogP contribution in [-0.2, 0) is 5.41 Å². The Bertz CT molecular complexity index is 3430. The zero-order valence-electron chi connectivity index (χ0n) is 35.4. The van der Waals surface area contributed by atoms with Crippen LogP contribution in [0.25, 0.3) is 54.6 Å². The molecule has 1 aliphatic rings. The Hall–Kier alpha value is -6.90. The lowest BCUT2D eigenvalue weighted by Gasteiger charge is -2.34. The summed E-state index contributed by atoms with van der Waals surface area (Å²) in [5, 5.41) is 3.73. The Morgan fingerprint density at radius 1 is 0.453 bits per heavy atom. The van der Waals surface area contributed by atoms with Crippen molar-refractivity contribution in [3.05, 3.63) is 222 Å². The Balaban J connectivity index is 1.28. The lowest BCUT2D eigenvalue weighted by atomic mass is 9.67. The van der Waals surface area contributed by atoms with Gasteiger partial charge >= 0.3 is 0 Å². The summed E-state index contributed by atoms with van der Waals surface area (Å²) in [5.41, 5.74) is 7.13. The van der Waals surface area contributed by atoms with Crippen LogP contribution in [0.4, 0.5) is 17.1 Å². The maximum atomic E-state index is 10.0. The molecule has 0 spiro atoms. The van der Waals surface area contributed by atoms with Crippen LogP contribution in [0, 0.1) is 0 Å². The third kappa shape index (κ3) is 4.39. The van der Waals surface area contributed by atoms with E-state index in [4.69, 9.17) is 9.90 Å². The summed E-state index contributed by atoms with van der Waals surface area (Å²) in [6, 6.07) is 50.2. The molecule has 1 unspecified atom stereocenters. The molecule has 2 heteroatoms. The molecule has 0 radical (unpaired) electrons. The van der Waals surface area contributed by atoms with Crippen molar-refractivity contribution in [1.82, 2.24) is 0 Å². The largest absolute Gasteiger partial charge is 0.456 e. The molecule has 10 aromatic rings. The minimum Gasteiger partial charge on any atom is -0.456 e. The maximum absolute atomic E-state index is 10.0. The predicted molar refractivity (Wildman–Crippen MR) is 221 cm³/mol. The van der Waals surface area contributed by atoms with E-state index in [1.54, 1.807) is 0 Å². The summed E-state index contributed by atoms with van der Waals surface area (Å²) in [6.45, 7) is 0. The van der Waals surface area contributed by atoms with Gasteiger partial charge in [-0.2, -0.15) is 0 Å². The fourth-order valence-corrected chi connectivity index (χ4v) is 8.47.